The summed E-state index contributed by atoms with van der Waals surface area (Å²) in [5, 5.41) is 9.69. The molecular formula is C19H20FN3OS. The number of hydrogen-bond acceptors (Lipinski definition) is 4. The Morgan fingerprint density at radius 3 is 2.52 bits per heavy atom. The molecule has 130 valence electrons. The van der Waals surface area contributed by atoms with Crippen LogP contribution in [-0.2, 0) is 7.05 Å². The smallest absolute Gasteiger partial charge is 0.191 e. The van der Waals surface area contributed by atoms with Gasteiger partial charge in [-0.2, -0.15) is 0 Å². The lowest BCUT2D eigenvalue weighted by molar-refractivity contribution is 0.416. The van der Waals surface area contributed by atoms with Gasteiger partial charge in [0.2, 0.25) is 0 Å². The van der Waals surface area contributed by atoms with Gasteiger partial charge in [-0.15, -0.1) is 10.2 Å². The minimum Gasteiger partial charge on any atom is -0.496 e. The Balaban J connectivity index is 1.89. The van der Waals surface area contributed by atoms with Gasteiger partial charge in [0.1, 0.15) is 11.6 Å². The summed E-state index contributed by atoms with van der Waals surface area (Å²) in [5.41, 5.74) is 1.98. The van der Waals surface area contributed by atoms with E-state index in [4.69, 9.17) is 4.74 Å². The van der Waals surface area contributed by atoms with Gasteiger partial charge < -0.3 is 9.30 Å². The first-order valence-electron chi connectivity index (χ1n) is 8.09. The van der Waals surface area contributed by atoms with E-state index in [1.807, 2.05) is 48.0 Å². The molecule has 1 heterocycles. The van der Waals surface area contributed by atoms with E-state index < -0.39 is 0 Å². The minimum absolute atomic E-state index is 0.189. The lowest BCUT2D eigenvalue weighted by atomic mass is 10.1. The average Bonchev–Trinajstić information content (AvgIpc) is 3.00. The summed E-state index contributed by atoms with van der Waals surface area (Å²) in [6, 6.07) is 14.4. The van der Waals surface area contributed by atoms with Crippen LogP contribution in [0.15, 0.2) is 53.7 Å². The monoisotopic (exact) mass is 357 g/mol. The van der Waals surface area contributed by atoms with Crippen molar-refractivity contribution >= 4 is 11.8 Å². The molecule has 2 aromatic carbocycles. The number of hydrogen-bond donors (Lipinski definition) is 0. The van der Waals surface area contributed by atoms with Gasteiger partial charge in [-0.1, -0.05) is 43.0 Å². The van der Waals surface area contributed by atoms with Crippen LogP contribution in [-0.4, -0.2) is 21.9 Å². The van der Waals surface area contributed by atoms with E-state index in [1.165, 1.54) is 12.1 Å². The molecule has 0 aliphatic rings. The molecule has 1 aromatic heterocycles. The number of thioether (sulfide) groups is 1. The van der Waals surface area contributed by atoms with Gasteiger partial charge >= 0.3 is 0 Å². The maximum Gasteiger partial charge on any atom is 0.191 e. The number of methoxy groups -OCH3 is 1. The maximum absolute atomic E-state index is 13.2. The molecule has 0 radical (unpaired) electrons. The predicted molar refractivity (Wildman–Crippen MR) is 98.3 cm³/mol. The quantitative estimate of drug-likeness (QED) is 0.590. The molecule has 0 amide bonds. The van der Waals surface area contributed by atoms with E-state index in [9.17, 15) is 4.39 Å². The van der Waals surface area contributed by atoms with Crippen molar-refractivity contribution < 1.29 is 9.13 Å². The van der Waals surface area contributed by atoms with Crippen molar-refractivity contribution in [3.63, 3.8) is 0 Å². The zero-order valence-corrected chi connectivity index (χ0v) is 15.3. The Kier molecular flexibility index (Phi) is 5.38. The SMILES string of the molecule is CCC(Sc1nnc(-c2ccccc2OC)n1C)c1ccc(F)cc1. The Labute approximate surface area is 151 Å². The van der Waals surface area contributed by atoms with E-state index >= 15 is 0 Å². The second-order valence-electron chi connectivity index (χ2n) is 5.63. The molecular weight excluding hydrogens is 337 g/mol. The third-order valence-corrected chi connectivity index (χ3v) is 5.50. The van der Waals surface area contributed by atoms with E-state index in [0.717, 1.165) is 34.3 Å². The third-order valence-electron chi connectivity index (χ3n) is 4.04. The van der Waals surface area contributed by atoms with Crippen LogP contribution in [0.5, 0.6) is 5.75 Å². The zero-order chi connectivity index (χ0) is 17.8. The van der Waals surface area contributed by atoms with Crippen molar-refractivity contribution in [2.45, 2.75) is 23.8 Å². The third kappa shape index (κ3) is 3.69. The fourth-order valence-electron chi connectivity index (χ4n) is 2.67. The fourth-order valence-corrected chi connectivity index (χ4v) is 3.72. The summed E-state index contributed by atoms with van der Waals surface area (Å²) in [7, 11) is 3.59. The van der Waals surface area contributed by atoms with Gasteiger partial charge in [-0.05, 0) is 36.2 Å². The van der Waals surface area contributed by atoms with Crippen molar-refractivity contribution in [2.75, 3.05) is 7.11 Å². The van der Waals surface area contributed by atoms with Crippen molar-refractivity contribution in [1.82, 2.24) is 14.8 Å². The van der Waals surface area contributed by atoms with Gasteiger partial charge in [0, 0.05) is 12.3 Å². The second-order valence-corrected chi connectivity index (χ2v) is 6.80. The Morgan fingerprint density at radius 2 is 1.84 bits per heavy atom. The summed E-state index contributed by atoms with van der Waals surface area (Å²) in [4.78, 5) is 0. The first-order valence-corrected chi connectivity index (χ1v) is 8.97. The van der Waals surface area contributed by atoms with Crippen molar-refractivity contribution in [2.24, 2.45) is 7.05 Å². The predicted octanol–water partition coefficient (Wildman–Crippen LogP) is 4.87. The zero-order valence-electron chi connectivity index (χ0n) is 14.4. The lowest BCUT2D eigenvalue weighted by Crippen LogP contribution is -1.99. The lowest BCUT2D eigenvalue weighted by Gasteiger charge is -2.14. The molecule has 0 aliphatic carbocycles. The summed E-state index contributed by atoms with van der Waals surface area (Å²) in [5.74, 6) is 1.30. The van der Waals surface area contributed by atoms with Crippen LogP contribution in [0.25, 0.3) is 11.4 Å². The minimum atomic E-state index is -0.222. The first-order chi connectivity index (χ1) is 12.1. The Hall–Kier alpha value is -2.34. The van der Waals surface area contributed by atoms with Gasteiger partial charge in [0.25, 0.3) is 0 Å². The largest absolute Gasteiger partial charge is 0.496 e. The molecule has 0 spiro atoms. The van der Waals surface area contributed by atoms with Gasteiger partial charge in [0.15, 0.2) is 11.0 Å². The molecule has 0 saturated heterocycles. The van der Waals surface area contributed by atoms with Crippen molar-refractivity contribution in [3.8, 4) is 17.1 Å². The van der Waals surface area contributed by atoms with Crippen LogP contribution in [0.4, 0.5) is 4.39 Å². The Bertz CT molecular complexity index is 848. The van der Waals surface area contributed by atoms with Crippen molar-refractivity contribution in [1.29, 1.82) is 0 Å². The molecule has 0 fully saturated rings. The van der Waals surface area contributed by atoms with Gasteiger partial charge in [-0.3, -0.25) is 0 Å². The Morgan fingerprint density at radius 1 is 1.12 bits per heavy atom. The van der Waals surface area contributed by atoms with Crippen LogP contribution < -0.4 is 4.74 Å². The van der Waals surface area contributed by atoms with Crippen molar-refractivity contribution in [3.05, 3.63) is 59.9 Å². The fraction of sp³-hybridized carbons (Fsp3) is 0.263. The van der Waals surface area contributed by atoms with E-state index in [2.05, 4.69) is 17.1 Å². The molecule has 1 unspecified atom stereocenters. The summed E-state index contributed by atoms with van der Waals surface area (Å²) < 4.78 is 20.6. The highest BCUT2D eigenvalue weighted by Crippen LogP contribution is 2.38. The maximum atomic E-state index is 13.2. The van der Waals surface area contributed by atoms with Gasteiger partial charge in [-0.25, -0.2) is 4.39 Å². The van der Waals surface area contributed by atoms with Gasteiger partial charge in [0.05, 0.1) is 12.7 Å². The summed E-state index contributed by atoms with van der Waals surface area (Å²) in [6.07, 6.45) is 0.910. The van der Waals surface area contributed by atoms with Crippen LogP contribution in [0.2, 0.25) is 0 Å². The molecule has 3 rings (SSSR count). The molecule has 25 heavy (non-hydrogen) atoms. The topological polar surface area (TPSA) is 39.9 Å². The number of para-hydroxylation sites is 1. The highest BCUT2D eigenvalue weighted by atomic mass is 32.2. The molecule has 4 nitrogen and oxygen atoms in total. The number of nitrogens with zero attached hydrogens (tertiary/aromatic N) is 3. The highest BCUT2D eigenvalue weighted by molar-refractivity contribution is 7.99. The molecule has 0 saturated carbocycles. The van der Waals surface area contributed by atoms with E-state index in [1.54, 1.807) is 18.9 Å². The number of benzene rings is 2. The average molecular weight is 357 g/mol. The highest BCUT2D eigenvalue weighted by Gasteiger charge is 2.19. The van der Waals surface area contributed by atoms with Crippen LogP contribution in [0.1, 0.15) is 24.2 Å². The molecule has 6 heteroatoms. The molecule has 0 N–H and O–H groups in total. The molecule has 0 aliphatic heterocycles. The number of halogens is 1. The normalized spacial score (nSPS) is 12.2. The number of ether oxygens (including phenoxy) is 1. The first kappa shape index (κ1) is 17.5. The summed E-state index contributed by atoms with van der Waals surface area (Å²) in [6.45, 7) is 2.11. The van der Waals surface area contributed by atoms with E-state index in [-0.39, 0.29) is 11.1 Å². The standard InChI is InChI=1S/C19H20FN3OS/c1-4-17(13-9-11-14(20)12-10-13)25-19-22-21-18(23(19)2)15-7-5-6-8-16(15)24-3/h5-12,17H,4H2,1-3H3. The van der Waals surface area contributed by atoms with Crippen LogP contribution in [0.3, 0.4) is 0 Å². The number of aromatic nitrogens is 3. The molecule has 1 atom stereocenters. The number of rotatable bonds is 6. The molecule has 3 aromatic rings. The summed E-state index contributed by atoms with van der Waals surface area (Å²) >= 11 is 1.63. The van der Waals surface area contributed by atoms with Crippen LogP contribution in [0, 0.1) is 5.82 Å². The second kappa shape index (κ2) is 7.70. The van der Waals surface area contributed by atoms with Crippen LogP contribution >= 0.6 is 11.8 Å². The van der Waals surface area contributed by atoms with E-state index in [0.29, 0.717) is 0 Å². The molecule has 0 bridgehead atoms.